The minimum Gasteiger partial charge on any atom is -0.463 e. The van der Waals surface area contributed by atoms with E-state index in [1.165, 1.54) is 0 Å². The van der Waals surface area contributed by atoms with Crippen molar-refractivity contribution in [2.45, 2.75) is 20.0 Å². The van der Waals surface area contributed by atoms with Crippen LogP contribution in [0.3, 0.4) is 0 Å². The maximum absolute atomic E-state index is 9.41. The van der Waals surface area contributed by atoms with Crippen LogP contribution in [0, 0.1) is 0 Å². The molecule has 146 valence electrons. The molecule has 0 aliphatic carbocycles. The number of benzene rings is 2. The number of anilines is 1. The highest BCUT2D eigenvalue weighted by atomic mass is 16.7. The molecule has 3 aromatic rings. The Bertz CT molecular complexity index is 953. The number of hydrogen-bond donors (Lipinski definition) is 2. The van der Waals surface area contributed by atoms with Crippen molar-refractivity contribution in [3.05, 3.63) is 42.5 Å². The summed E-state index contributed by atoms with van der Waals surface area (Å²) in [6.45, 7) is 4.82. The van der Waals surface area contributed by atoms with E-state index in [1.807, 2.05) is 49.4 Å². The average Bonchev–Trinajstić information content (AvgIpc) is 3.33. The number of rotatable bonds is 7. The third-order valence-electron chi connectivity index (χ3n) is 4.21. The van der Waals surface area contributed by atoms with E-state index in [0.717, 1.165) is 16.9 Å². The summed E-state index contributed by atoms with van der Waals surface area (Å²) < 4.78 is 18.1. The second kappa shape index (κ2) is 7.77. The summed E-state index contributed by atoms with van der Waals surface area (Å²) in [5, 5.41) is 17.1. The lowest BCUT2D eigenvalue weighted by molar-refractivity contribution is 0.174. The van der Waals surface area contributed by atoms with Crippen LogP contribution >= 0.6 is 0 Å². The molecule has 1 aliphatic rings. The maximum atomic E-state index is 9.41. The number of aromatic nitrogens is 3. The van der Waals surface area contributed by atoms with Crippen LogP contribution in [0.1, 0.15) is 13.8 Å². The summed E-state index contributed by atoms with van der Waals surface area (Å²) in [5.41, 5.74) is 2.60. The quantitative estimate of drug-likeness (QED) is 0.649. The molecule has 0 amide bonds. The number of aliphatic hydroxyl groups excluding tert-OH is 1. The van der Waals surface area contributed by atoms with Crippen LogP contribution in [-0.2, 0) is 0 Å². The fraction of sp³-hybridized carbons (Fsp3) is 0.300. The van der Waals surface area contributed by atoms with Gasteiger partial charge in [0.25, 0.3) is 0 Å². The first-order valence-corrected chi connectivity index (χ1v) is 9.16. The van der Waals surface area contributed by atoms with Crippen molar-refractivity contribution in [3.8, 4) is 34.6 Å². The van der Waals surface area contributed by atoms with Crippen LogP contribution in [0.25, 0.3) is 17.1 Å². The first-order chi connectivity index (χ1) is 13.6. The van der Waals surface area contributed by atoms with Crippen molar-refractivity contribution in [2.24, 2.45) is 0 Å². The zero-order valence-corrected chi connectivity index (χ0v) is 15.8. The molecule has 0 radical (unpaired) electrons. The first-order valence-electron chi connectivity index (χ1n) is 9.16. The van der Waals surface area contributed by atoms with Crippen molar-refractivity contribution >= 4 is 5.69 Å². The van der Waals surface area contributed by atoms with Crippen molar-refractivity contribution in [3.63, 3.8) is 0 Å². The number of aliphatic hydroxyl groups is 1. The van der Waals surface area contributed by atoms with Crippen LogP contribution in [0.2, 0.25) is 0 Å². The normalized spacial score (nSPS) is 13.4. The molecule has 0 fully saturated rings. The zero-order chi connectivity index (χ0) is 19.5. The lowest BCUT2D eigenvalue weighted by Gasteiger charge is -2.10. The van der Waals surface area contributed by atoms with Gasteiger partial charge in [0, 0.05) is 17.8 Å². The molecule has 0 bridgehead atoms. The van der Waals surface area contributed by atoms with Gasteiger partial charge < -0.3 is 24.6 Å². The molecule has 8 nitrogen and oxygen atoms in total. The SMILES string of the molecule is CCOc1nc(-c2ccc3c(c2)OCO3)n(-c2ccc(NC[C@H](C)O)cc2)n1. The van der Waals surface area contributed by atoms with Gasteiger partial charge in [0.05, 0.1) is 18.4 Å². The fourth-order valence-electron chi connectivity index (χ4n) is 2.87. The van der Waals surface area contributed by atoms with Gasteiger partial charge in [-0.25, -0.2) is 4.68 Å². The van der Waals surface area contributed by atoms with Gasteiger partial charge in [-0.2, -0.15) is 4.98 Å². The van der Waals surface area contributed by atoms with Crippen molar-refractivity contribution in [2.75, 3.05) is 25.3 Å². The van der Waals surface area contributed by atoms with E-state index in [9.17, 15) is 5.11 Å². The minimum atomic E-state index is -0.415. The Labute approximate surface area is 162 Å². The Kier molecular flexibility index (Phi) is 5.03. The average molecular weight is 382 g/mol. The van der Waals surface area contributed by atoms with E-state index in [0.29, 0.717) is 36.5 Å². The monoisotopic (exact) mass is 382 g/mol. The second-order valence-electron chi connectivity index (χ2n) is 6.41. The molecule has 0 unspecified atom stereocenters. The van der Waals surface area contributed by atoms with Crippen LogP contribution in [0.4, 0.5) is 5.69 Å². The summed E-state index contributed by atoms with van der Waals surface area (Å²) in [7, 11) is 0. The number of nitrogens with zero attached hydrogens (tertiary/aromatic N) is 3. The molecule has 0 saturated carbocycles. The standard InChI is InChI=1S/C20H22N4O4/c1-3-26-20-22-19(14-4-9-17-18(10-14)28-12-27-17)24(23-20)16-7-5-15(6-8-16)21-11-13(2)25/h4-10,13,21,25H,3,11-12H2,1-2H3/t13-/m0/s1. The van der Waals surface area contributed by atoms with Gasteiger partial charge in [-0.1, -0.05) is 0 Å². The van der Waals surface area contributed by atoms with Crippen LogP contribution in [0.15, 0.2) is 42.5 Å². The predicted octanol–water partition coefficient (Wildman–Crippen LogP) is 2.85. The van der Waals surface area contributed by atoms with Crippen molar-refractivity contribution in [1.29, 1.82) is 0 Å². The van der Waals surface area contributed by atoms with Gasteiger partial charge in [-0.05, 0) is 56.3 Å². The highest BCUT2D eigenvalue weighted by Crippen LogP contribution is 2.36. The zero-order valence-electron chi connectivity index (χ0n) is 15.8. The van der Waals surface area contributed by atoms with E-state index in [1.54, 1.807) is 11.6 Å². The smallest absolute Gasteiger partial charge is 0.336 e. The highest BCUT2D eigenvalue weighted by Gasteiger charge is 2.19. The molecule has 4 rings (SSSR count). The molecule has 2 heterocycles. The van der Waals surface area contributed by atoms with E-state index in [-0.39, 0.29) is 6.79 Å². The van der Waals surface area contributed by atoms with E-state index in [2.05, 4.69) is 15.4 Å². The molecule has 0 saturated heterocycles. The molecule has 2 aromatic carbocycles. The Morgan fingerprint density at radius 3 is 2.71 bits per heavy atom. The summed E-state index contributed by atoms with van der Waals surface area (Å²) in [6.07, 6.45) is -0.415. The minimum absolute atomic E-state index is 0.219. The van der Waals surface area contributed by atoms with Gasteiger partial charge in [-0.3, -0.25) is 0 Å². The van der Waals surface area contributed by atoms with Crippen LogP contribution in [0.5, 0.6) is 17.5 Å². The number of nitrogens with one attached hydrogen (secondary N) is 1. The van der Waals surface area contributed by atoms with E-state index in [4.69, 9.17) is 14.2 Å². The molecular weight excluding hydrogens is 360 g/mol. The molecule has 1 atom stereocenters. The van der Waals surface area contributed by atoms with Crippen molar-refractivity contribution < 1.29 is 19.3 Å². The molecule has 2 N–H and O–H groups in total. The van der Waals surface area contributed by atoms with Crippen LogP contribution in [-0.4, -0.2) is 45.9 Å². The fourth-order valence-corrected chi connectivity index (χ4v) is 2.87. The summed E-state index contributed by atoms with van der Waals surface area (Å²) >= 11 is 0. The predicted molar refractivity (Wildman–Crippen MR) is 104 cm³/mol. The molecule has 28 heavy (non-hydrogen) atoms. The molecule has 1 aliphatic heterocycles. The summed E-state index contributed by atoms with van der Waals surface area (Å²) in [6, 6.07) is 13.7. The molecular formula is C20H22N4O4. The molecule has 8 heteroatoms. The maximum Gasteiger partial charge on any atom is 0.336 e. The summed E-state index contributed by atoms with van der Waals surface area (Å²) in [4.78, 5) is 4.54. The van der Waals surface area contributed by atoms with Crippen LogP contribution < -0.4 is 19.5 Å². The highest BCUT2D eigenvalue weighted by molar-refractivity contribution is 5.64. The van der Waals surface area contributed by atoms with Gasteiger partial charge in [-0.15, -0.1) is 5.10 Å². The lowest BCUT2D eigenvalue weighted by atomic mass is 10.2. The number of hydrogen-bond acceptors (Lipinski definition) is 7. The third-order valence-corrected chi connectivity index (χ3v) is 4.21. The molecule has 0 spiro atoms. The Morgan fingerprint density at radius 2 is 1.96 bits per heavy atom. The van der Waals surface area contributed by atoms with Crippen molar-refractivity contribution in [1.82, 2.24) is 14.8 Å². The van der Waals surface area contributed by atoms with E-state index >= 15 is 0 Å². The topological polar surface area (TPSA) is 90.7 Å². The second-order valence-corrected chi connectivity index (χ2v) is 6.41. The largest absolute Gasteiger partial charge is 0.463 e. The van der Waals surface area contributed by atoms with Gasteiger partial charge >= 0.3 is 6.01 Å². The van der Waals surface area contributed by atoms with Gasteiger partial charge in [0.1, 0.15) is 0 Å². The Balaban J connectivity index is 1.68. The van der Waals surface area contributed by atoms with E-state index < -0.39 is 6.10 Å². The first kappa shape index (κ1) is 18.1. The Hall–Kier alpha value is -3.26. The van der Waals surface area contributed by atoms with Gasteiger partial charge in [0.2, 0.25) is 6.79 Å². The van der Waals surface area contributed by atoms with Gasteiger partial charge in [0.15, 0.2) is 17.3 Å². The number of ether oxygens (including phenoxy) is 3. The molecule has 1 aromatic heterocycles. The summed E-state index contributed by atoms with van der Waals surface area (Å²) in [5.74, 6) is 2.04. The third kappa shape index (κ3) is 3.72. The lowest BCUT2D eigenvalue weighted by Crippen LogP contribution is -2.15. The number of fused-ring (bicyclic) bond motifs is 1. The Morgan fingerprint density at radius 1 is 1.18 bits per heavy atom.